The number of aryl methyl sites for hydroxylation is 1. The largest absolute Gasteiger partial charge is 0.491 e. The first-order valence-corrected chi connectivity index (χ1v) is 12.6. The highest BCUT2D eigenvalue weighted by Crippen LogP contribution is 2.34. The number of Topliss-reactive ketones (excluding diaryl/α,β-unsaturated/α-hetero) is 1. The van der Waals surface area contributed by atoms with Crippen molar-refractivity contribution in [3.05, 3.63) is 111 Å². The van der Waals surface area contributed by atoms with Crippen LogP contribution in [0.25, 0.3) is 16.7 Å². The second-order valence-electron chi connectivity index (χ2n) is 9.29. The van der Waals surface area contributed by atoms with E-state index in [4.69, 9.17) is 14.2 Å². The van der Waals surface area contributed by atoms with E-state index in [1.807, 2.05) is 0 Å². The van der Waals surface area contributed by atoms with Crippen LogP contribution >= 0.6 is 0 Å². The number of methoxy groups -OCH3 is 2. The zero-order valence-corrected chi connectivity index (χ0v) is 22.7. The Bertz CT molecular complexity index is 1850. The Balaban J connectivity index is 1.42. The topological polar surface area (TPSA) is 92.5 Å². The molecule has 2 aromatic carbocycles. The van der Waals surface area contributed by atoms with Gasteiger partial charge in [-0.25, -0.2) is 13.8 Å². The number of pyridine rings is 3. The predicted octanol–water partition coefficient (Wildman–Crippen LogP) is 5.91. The molecule has 208 valence electrons. The molecule has 5 rings (SSSR count). The molecule has 0 aliphatic carbocycles. The van der Waals surface area contributed by atoms with Gasteiger partial charge in [0, 0.05) is 36.1 Å². The van der Waals surface area contributed by atoms with Gasteiger partial charge in [0.15, 0.2) is 28.8 Å². The van der Waals surface area contributed by atoms with Crippen LogP contribution in [0.1, 0.15) is 27.2 Å². The summed E-state index contributed by atoms with van der Waals surface area (Å²) in [4.78, 5) is 35.2. The molecule has 5 aromatic rings. The van der Waals surface area contributed by atoms with Gasteiger partial charge in [0.05, 0.1) is 25.3 Å². The van der Waals surface area contributed by atoms with E-state index in [1.165, 1.54) is 67.4 Å². The maximum Gasteiger partial charge on any atom is 0.266 e. The van der Waals surface area contributed by atoms with Crippen LogP contribution in [-0.4, -0.2) is 34.5 Å². The second-order valence-corrected chi connectivity index (χ2v) is 9.29. The molecule has 0 fully saturated rings. The van der Waals surface area contributed by atoms with Crippen LogP contribution in [0.2, 0.25) is 0 Å². The third-order valence-electron chi connectivity index (χ3n) is 6.69. The molecule has 0 atom stereocenters. The van der Waals surface area contributed by atoms with Crippen LogP contribution in [0, 0.1) is 25.5 Å². The second kappa shape index (κ2) is 11.2. The van der Waals surface area contributed by atoms with E-state index in [0.29, 0.717) is 39.3 Å². The van der Waals surface area contributed by atoms with Gasteiger partial charge in [-0.15, -0.1) is 0 Å². The lowest BCUT2D eigenvalue weighted by molar-refractivity contribution is 0.0991. The summed E-state index contributed by atoms with van der Waals surface area (Å²) in [6.07, 6.45) is 1.29. The highest BCUT2D eigenvalue weighted by atomic mass is 19.1. The molecule has 8 nitrogen and oxygen atoms in total. The molecular formula is C31H25F2N3O5. The molecule has 3 aromatic heterocycles. The van der Waals surface area contributed by atoms with Crippen molar-refractivity contribution in [2.45, 2.75) is 20.3 Å². The summed E-state index contributed by atoms with van der Waals surface area (Å²) in [5, 5.41) is 0. The lowest BCUT2D eigenvalue weighted by atomic mass is 10.0. The minimum absolute atomic E-state index is 0.0446. The summed E-state index contributed by atoms with van der Waals surface area (Å²) >= 11 is 0. The molecule has 0 saturated heterocycles. The molecule has 0 bridgehead atoms. The van der Waals surface area contributed by atoms with Crippen LogP contribution in [0.3, 0.4) is 0 Å². The van der Waals surface area contributed by atoms with Crippen molar-refractivity contribution in [3.8, 4) is 28.8 Å². The zero-order valence-electron chi connectivity index (χ0n) is 22.7. The fourth-order valence-corrected chi connectivity index (χ4v) is 4.46. The number of hydrogen-bond acceptors (Lipinski definition) is 7. The van der Waals surface area contributed by atoms with Gasteiger partial charge < -0.3 is 14.2 Å². The van der Waals surface area contributed by atoms with Crippen LogP contribution in [0.4, 0.5) is 8.78 Å². The fraction of sp³-hybridized carbons (Fsp3) is 0.161. The van der Waals surface area contributed by atoms with Crippen molar-refractivity contribution in [3.63, 3.8) is 0 Å². The molecule has 0 unspecified atom stereocenters. The van der Waals surface area contributed by atoms with E-state index in [1.54, 1.807) is 32.0 Å². The van der Waals surface area contributed by atoms with Gasteiger partial charge in [-0.3, -0.25) is 19.1 Å². The smallest absolute Gasteiger partial charge is 0.266 e. The molecule has 10 heteroatoms. The first-order chi connectivity index (χ1) is 19.7. The van der Waals surface area contributed by atoms with Gasteiger partial charge in [0.1, 0.15) is 11.3 Å². The van der Waals surface area contributed by atoms with Gasteiger partial charge in [0.2, 0.25) is 0 Å². The maximum absolute atomic E-state index is 15.2. The van der Waals surface area contributed by atoms with Gasteiger partial charge in [0.25, 0.3) is 11.4 Å². The van der Waals surface area contributed by atoms with E-state index in [9.17, 15) is 14.0 Å². The maximum atomic E-state index is 15.2. The van der Waals surface area contributed by atoms with E-state index in [2.05, 4.69) is 9.97 Å². The van der Waals surface area contributed by atoms with Crippen LogP contribution in [-0.2, 0) is 6.42 Å². The minimum atomic E-state index is -0.704. The van der Waals surface area contributed by atoms with Crippen molar-refractivity contribution in [2.24, 2.45) is 0 Å². The van der Waals surface area contributed by atoms with Gasteiger partial charge in [-0.1, -0.05) is 6.07 Å². The zero-order chi connectivity index (χ0) is 29.3. The standard InChI is InChI=1S/C31H25F2N3O5/c1-17-13-22(31(38)36(18(17)2)21-8-6-20(32)7-9-21)25(37)15-19-5-10-26(23(33)14-19)41-27-11-12-34-24-16-28(39-3)30(40-4)35-29(24)27/h5-14,16H,15H2,1-4H3. The van der Waals surface area contributed by atoms with Crippen LogP contribution in [0.15, 0.2) is 71.7 Å². The number of ketones is 1. The molecule has 0 N–H and O–H groups in total. The van der Waals surface area contributed by atoms with E-state index >= 15 is 4.39 Å². The van der Waals surface area contributed by atoms with Crippen molar-refractivity contribution >= 4 is 16.8 Å². The fourth-order valence-electron chi connectivity index (χ4n) is 4.46. The summed E-state index contributed by atoms with van der Waals surface area (Å²) in [5.41, 5.74) is 2.35. The van der Waals surface area contributed by atoms with Crippen LogP contribution < -0.4 is 19.8 Å². The number of ether oxygens (including phenoxy) is 3. The van der Waals surface area contributed by atoms with E-state index in [0.717, 1.165) is 0 Å². The molecule has 0 amide bonds. The monoisotopic (exact) mass is 557 g/mol. The lowest BCUT2D eigenvalue weighted by Gasteiger charge is -2.15. The van der Waals surface area contributed by atoms with Gasteiger partial charge in [-0.2, -0.15) is 0 Å². The molecule has 0 aliphatic heterocycles. The average Bonchev–Trinajstić information content (AvgIpc) is 2.96. The van der Waals surface area contributed by atoms with Gasteiger partial charge in [-0.05, 0) is 67.4 Å². The Kier molecular flexibility index (Phi) is 7.47. The summed E-state index contributed by atoms with van der Waals surface area (Å²) < 4.78 is 46.3. The molecule has 0 aliphatic rings. The summed E-state index contributed by atoms with van der Waals surface area (Å²) in [6, 6.07) is 14.3. The third-order valence-corrected chi connectivity index (χ3v) is 6.69. The quantitative estimate of drug-likeness (QED) is 0.219. The van der Waals surface area contributed by atoms with Gasteiger partial charge >= 0.3 is 0 Å². The average molecular weight is 558 g/mol. The van der Waals surface area contributed by atoms with Crippen LogP contribution in [0.5, 0.6) is 23.1 Å². The minimum Gasteiger partial charge on any atom is -0.491 e. The summed E-state index contributed by atoms with van der Waals surface area (Å²) in [7, 11) is 2.93. The third kappa shape index (κ3) is 5.36. The Morgan fingerprint density at radius 2 is 1.66 bits per heavy atom. The number of hydrogen-bond donors (Lipinski definition) is 0. The SMILES string of the molecule is COc1cc2nccc(Oc3ccc(CC(=O)c4cc(C)c(C)n(-c5ccc(F)cc5)c4=O)cc3F)c2nc1OC. The first-order valence-electron chi connectivity index (χ1n) is 12.6. The molecule has 0 radical (unpaired) electrons. The number of nitrogens with zero attached hydrogens (tertiary/aromatic N) is 3. The Morgan fingerprint density at radius 1 is 0.902 bits per heavy atom. The predicted molar refractivity (Wildman–Crippen MR) is 149 cm³/mol. The number of aromatic nitrogens is 3. The molecule has 3 heterocycles. The number of carbonyl (C=O) groups excluding carboxylic acids is 1. The normalized spacial score (nSPS) is 11.0. The van der Waals surface area contributed by atoms with Crippen molar-refractivity contribution in [2.75, 3.05) is 14.2 Å². The number of halogens is 2. The number of carbonyl (C=O) groups is 1. The molecule has 41 heavy (non-hydrogen) atoms. The summed E-state index contributed by atoms with van der Waals surface area (Å²) in [6.45, 7) is 3.53. The summed E-state index contributed by atoms with van der Waals surface area (Å²) in [5.74, 6) is -0.858. The van der Waals surface area contributed by atoms with E-state index in [-0.39, 0.29) is 29.4 Å². The number of benzene rings is 2. The highest BCUT2D eigenvalue weighted by molar-refractivity contribution is 5.97. The molecule has 0 saturated carbocycles. The number of fused-ring (bicyclic) bond motifs is 1. The van der Waals surface area contributed by atoms with E-state index < -0.39 is 23.0 Å². The molecule has 0 spiro atoms. The first kappa shape index (κ1) is 27.4. The van der Waals surface area contributed by atoms with Crippen molar-refractivity contribution in [1.82, 2.24) is 14.5 Å². The molecular weight excluding hydrogens is 532 g/mol. The Morgan fingerprint density at radius 3 is 2.34 bits per heavy atom. The number of rotatable bonds is 8. The van der Waals surface area contributed by atoms with Crippen molar-refractivity contribution in [1.29, 1.82) is 0 Å². The Labute approximate surface area is 233 Å². The Hall–Kier alpha value is -5.12. The highest BCUT2D eigenvalue weighted by Gasteiger charge is 2.19. The van der Waals surface area contributed by atoms with Crippen molar-refractivity contribution < 1.29 is 27.8 Å². The lowest BCUT2D eigenvalue weighted by Crippen LogP contribution is -2.28.